The summed E-state index contributed by atoms with van der Waals surface area (Å²) in [6, 6.07) is 6.48. The van der Waals surface area contributed by atoms with Crippen LogP contribution in [-0.2, 0) is 6.67 Å². The Morgan fingerprint density at radius 2 is 2.28 bits per heavy atom. The van der Waals surface area contributed by atoms with E-state index in [0.29, 0.717) is 0 Å². The van der Waals surface area contributed by atoms with E-state index in [9.17, 15) is 4.39 Å². The van der Waals surface area contributed by atoms with Crippen LogP contribution in [-0.4, -0.2) is 32.1 Å². The minimum atomic E-state index is -0.249. The van der Waals surface area contributed by atoms with Crippen LogP contribution in [0.25, 0.3) is 11.4 Å². The van der Waals surface area contributed by atoms with Crippen molar-refractivity contribution in [1.29, 1.82) is 0 Å². The fraction of sp³-hybridized carbons (Fsp3) is 0.333. The maximum atomic E-state index is 13.3. The van der Waals surface area contributed by atoms with Crippen molar-refractivity contribution in [2.45, 2.75) is 18.7 Å². The molecule has 0 N–H and O–H groups in total. The minimum absolute atomic E-state index is 0.249. The molecule has 0 saturated carbocycles. The standard InChI is InChI=1S/C12H13FN4S/c1-2-16-7-17-11(14-15-12(17)18-8-16)9-4-3-5-10(13)6-9/h3-6H,2,7-8H2,1H3. The highest BCUT2D eigenvalue weighted by Gasteiger charge is 2.21. The molecule has 0 amide bonds. The number of hydrogen-bond donors (Lipinski definition) is 0. The van der Waals surface area contributed by atoms with Crippen LogP contribution in [0.5, 0.6) is 0 Å². The second-order valence-corrected chi connectivity index (χ2v) is 5.06. The zero-order chi connectivity index (χ0) is 12.5. The van der Waals surface area contributed by atoms with Crippen molar-refractivity contribution in [2.75, 3.05) is 12.4 Å². The minimum Gasteiger partial charge on any atom is -0.288 e. The number of hydrogen-bond acceptors (Lipinski definition) is 4. The first-order chi connectivity index (χ1) is 8.78. The third-order valence-electron chi connectivity index (χ3n) is 2.96. The van der Waals surface area contributed by atoms with Crippen molar-refractivity contribution < 1.29 is 4.39 Å². The summed E-state index contributed by atoms with van der Waals surface area (Å²) in [5, 5.41) is 9.24. The summed E-state index contributed by atoms with van der Waals surface area (Å²) in [5.74, 6) is 1.41. The Labute approximate surface area is 109 Å². The highest BCUT2D eigenvalue weighted by molar-refractivity contribution is 7.99. The normalized spacial score (nSPS) is 15.7. The van der Waals surface area contributed by atoms with Crippen LogP contribution in [0.3, 0.4) is 0 Å². The van der Waals surface area contributed by atoms with Gasteiger partial charge in [0.25, 0.3) is 0 Å². The molecule has 94 valence electrons. The Hall–Kier alpha value is -1.40. The van der Waals surface area contributed by atoms with Gasteiger partial charge in [0.15, 0.2) is 11.0 Å². The van der Waals surface area contributed by atoms with Crippen LogP contribution in [0.1, 0.15) is 6.92 Å². The van der Waals surface area contributed by atoms with Gasteiger partial charge in [-0.25, -0.2) is 4.39 Å². The van der Waals surface area contributed by atoms with E-state index in [2.05, 4.69) is 22.0 Å². The molecule has 0 spiro atoms. The van der Waals surface area contributed by atoms with Crippen LogP contribution in [0.4, 0.5) is 4.39 Å². The zero-order valence-corrected chi connectivity index (χ0v) is 10.8. The lowest BCUT2D eigenvalue weighted by atomic mass is 10.2. The van der Waals surface area contributed by atoms with E-state index < -0.39 is 0 Å². The molecule has 0 bridgehead atoms. The number of rotatable bonds is 2. The van der Waals surface area contributed by atoms with E-state index in [1.807, 2.05) is 10.6 Å². The van der Waals surface area contributed by atoms with Crippen molar-refractivity contribution in [2.24, 2.45) is 0 Å². The molecule has 3 rings (SSSR count). The van der Waals surface area contributed by atoms with Crippen molar-refractivity contribution in [3.05, 3.63) is 30.1 Å². The van der Waals surface area contributed by atoms with Crippen LogP contribution < -0.4 is 0 Å². The third-order valence-corrected chi connectivity index (χ3v) is 4.02. The fourth-order valence-electron chi connectivity index (χ4n) is 1.95. The van der Waals surface area contributed by atoms with E-state index in [1.165, 1.54) is 12.1 Å². The van der Waals surface area contributed by atoms with E-state index in [-0.39, 0.29) is 5.82 Å². The molecule has 0 fully saturated rings. The number of fused-ring (bicyclic) bond motifs is 1. The van der Waals surface area contributed by atoms with Gasteiger partial charge in [0, 0.05) is 5.56 Å². The summed E-state index contributed by atoms with van der Waals surface area (Å²) in [7, 11) is 0. The number of aromatic nitrogens is 3. The van der Waals surface area contributed by atoms with Gasteiger partial charge in [0.1, 0.15) is 5.82 Å². The topological polar surface area (TPSA) is 34.0 Å². The van der Waals surface area contributed by atoms with Gasteiger partial charge in [-0.3, -0.25) is 9.47 Å². The highest BCUT2D eigenvalue weighted by Crippen LogP contribution is 2.28. The first-order valence-corrected chi connectivity index (χ1v) is 6.81. The van der Waals surface area contributed by atoms with Crippen LogP contribution >= 0.6 is 11.8 Å². The summed E-state index contributed by atoms with van der Waals surface area (Å²) in [6.07, 6.45) is 0. The maximum Gasteiger partial charge on any atom is 0.193 e. The maximum absolute atomic E-state index is 13.3. The Balaban J connectivity index is 2.02. The highest BCUT2D eigenvalue weighted by atomic mass is 32.2. The average Bonchev–Trinajstić information content (AvgIpc) is 2.81. The largest absolute Gasteiger partial charge is 0.288 e. The van der Waals surface area contributed by atoms with Gasteiger partial charge < -0.3 is 0 Å². The summed E-state index contributed by atoms with van der Waals surface area (Å²) >= 11 is 1.66. The first-order valence-electron chi connectivity index (χ1n) is 5.82. The smallest absolute Gasteiger partial charge is 0.193 e. The molecule has 4 nitrogen and oxygen atoms in total. The SMILES string of the molecule is CCN1CSc2nnc(-c3cccc(F)c3)n2C1. The molecule has 1 aromatic carbocycles. The summed E-state index contributed by atoms with van der Waals surface area (Å²) < 4.78 is 15.3. The van der Waals surface area contributed by atoms with Crippen molar-refractivity contribution in [3.8, 4) is 11.4 Å². The second-order valence-electron chi connectivity index (χ2n) is 4.15. The van der Waals surface area contributed by atoms with Crippen LogP contribution in [0.2, 0.25) is 0 Å². The molecule has 2 aromatic rings. The van der Waals surface area contributed by atoms with Gasteiger partial charge in [0.05, 0.1) is 12.5 Å². The number of nitrogens with zero attached hydrogens (tertiary/aromatic N) is 4. The predicted molar refractivity (Wildman–Crippen MR) is 68.5 cm³/mol. The van der Waals surface area contributed by atoms with E-state index in [1.54, 1.807) is 17.8 Å². The number of thioether (sulfide) groups is 1. The van der Waals surface area contributed by atoms with Gasteiger partial charge in [0.2, 0.25) is 0 Å². The van der Waals surface area contributed by atoms with E-state index in [0.717, 1.165) is 35.6 Å². The van der Waals surface area contributed by atoms with Gasteiger partial charge >= 0.3 is 0 Å². The first kappa shape index (κ1) is 11.7. The molecule has 0 aliphatic carbocycles. The van der Waals surface area contributed by atoms with Crippen molar-refractivity contribution in [3.63, 3.8) is 0 Å². The molecular formula is C12H13FN4S. The quantitative estimate of drug-likeness (QED) is 0.834. The summed E-state index contributed by atoms with van der Waals surface area (Å²) in [5.41, 5.74) is 0.771. The van der Waals surface area contributed by atoms with E-state index in [4.69, 9.17) is 0 Å². The molecule has 1 aliphatic rings. The Morgan fingerprint density at radius 1 is 1.39 bits per heavy atom. The lowest BCUT2D eigenvalue weighted by Gasteiger charge is -2.26. The molecule has 0 radical (unpaired) electrons. The third kappa shape index (κ3) is 2.02. The Kier molecular flexibility index (Phi) is 3.05. The van der Waals surface area contributed by atoms with Crippen molar-refractivity contribution >= 4 is 11.8 Å². The predicted octanol–water partition coefficient (Wildman–Crippen LogP) is 2.43. The molecule has 6 heteroatoms. The Bertz CT molecular complexity index is 569. The van der Waals surface area contributed by atoms with Gasteiger partial charge in [-0.2, -0.15) is 0 Å². The summed E-state index contributed by atoms with van der Waals surface area (Å²) in [6.45, 7) is 3.86. The second kappa shape index (κ2) is 4.70. The fourth-order valence-corrected chi connectivity index (χ4v) is 2.91. The van der Waals surface area contributed by atoms with Crippen LogP contribution in [0.15, 0.2) is 29.4 Å². The van der Waals surface area contributed by atoms with Gasteiger partial charge in [-0.05, 0) is 18.7 Å². The molecule has 0 unspecified atom stereocenters. The molecule has 18 heavy (non-hydrogen) atoms. The monoisotopic (exact) mass is 264 g/mol. The van der Waals surface area contributed by atoms with Gasteiger partial charge in [-0.15, -0.1) is 10.2 Å². The zero-order valence-electron chi connectivity index (χ0n) is 10.0. The Morgan fingerprint density at radius 3 is 3.06 bits per heavy atom. The lowest BCUT2D eigenvalue weighted by Crippen LogP contribution is -2.30. The number of halogens is 1. The molecule has 1 aliphatic heterocycles. The molecule has 0 saturated heterocycles. The lowest BCUT2D eigenvalue weighted by molar-refractivity contribution is 0.252. The molecule has 2 heterocycles. The summed E-state index contributed by atoms with van der Waals surface area (Å²) in [4.78, 5) is 2.28. The average molecular weight is 264 g/mol. The molecular weight excluding hydrogens is 251 g/mol. The van der Waals surface area contributed by atoms with Crippen molar-refractivity contribution in [1.82, 2.24) is 19.7 Å². The number of benzene rings is 1. The van der Waals surface area contributed by atoms with Gasteiger partial charge in [-0.1, -0.05) is 30.8 Å². The molecule has 0 atom stereocenters. The van der Waals surface area contributed by atoms with E-state index >= 15 is 0 Å². The van der Waals surface area contributed by atoms with Crippen LogP contribution in [0, 0.1) is 5.82 Å². The molecule has 1 aromatic heterocycles.